The third-order valence-electron chi connectivity index (χ3n) is 2.88. The molecule has 0 rings (SSSR count). The zero-order chi connectivity index (χ0) is 11.2. The number of hydrogen-bond donors (Lipinski definition) is 2. The molecular formula is C11H25NO2. The Labute approximate surface area is 87.8 Å². The van der Waals surface area contributed by atoms with Crippen LogP contribution in [0.4, 0.5) is 0 Å². The Kier molecular flexibility index (Phi) is 6.33. The molecule has 0 aromatic heterocycles. The van der Waals surface area contributed by atoms with Crippen molar-refractivity contribution in [3.05, 3.63) is 0 Å². The van der Waals surface area contributed by atoms with Gasteiger partial charge in [-0.15, -0.1) is 0 Å². The summed E-state index contributed by atoms with van der Waals surface area (Å²) in [5.74, 6) is 0.634. The molecule has 0 heterocycles. The summed E-state index contributed by atoms with van der Waals surface area (Å²) in [4.78, 5) is 0. The minimum absolute atomic E-state index is 0.271. The molecule has 0 saturated heterocycles. The van der Waals surface area contributed by atoms with Crippen LogP contribution >= 0.6 is 0 Å². The van der Waals surface area contributed by atoms with Gasteiger partial charge in [0.1, 0.15) is 0 Å². The van der Waals surface area contributed by atoms with E-state index in [0.29, 0.717) is 19.1 Å². The quantitative estimate of drug-likeness (QED) is 0.654. The van der Waals surface area contributed by atoms with Crippen LogP contribution in [0.3, 0.4) is 0 Å². The van der Waals surface area contributed by atoms with Gasteiger partial charge in [0.15, 0.2) is 0 Å². The number of nitrogens with one attached hydrogen (secondary N) is 1. The number of aliphatic hydroxyl groups excluding tert-OH is 1. The molecule has 0 saturated carbocycles. The van der Waals surface area contributed by atoms with Crippen LogP contribution in [-0.2, 0) is 4.74 Å². The highest BCUT2D eigenvalue weighted by atomic mass is 16.5. The van der Waals surface area contributed by atoms with E-state index < -0.39 is 6.10 Å². The van der Waals surface area contributed by atoms with E-state index in [4.69, 9.17) is 4.74 Å². The normalized spacial score (nSPS) is 14.8. The summed E-state index contributed by atoms with van der Waals surface area (Å²) in [6.45, 7) is 10.8. The monoisotopic (exact) mass is 203 g/mol. The van der Waals surface area contributed by atoms with Gasteiger partial charge >= 0.3 is 0 Å². The first-order chi connectivity index (χ1) is 6.40. The van der Waals surface area contributed by atoms with Gasteiger partial charge < -0.3 is 15.2 Å². The Morgan fingerprint density at radius 1 is 1.36 bits per heavy atom. The van der Waals surface area contributed by atoms with Gasteiger partial charge in [-0.1, -0.05) is 27.7 Å². The number of aliphatic hydroxyl groups is 1. The van der Waals surface area contributed by atoms with Crippen LogP contribution < -0.4 is 5.32 Å². The van der Waals surface area contributed by atoms with Crippen molar-refractivity contribution < 1.29 is 9.84 Å². The van der Waals surface area contributed by atoms with Gasteiger partial charge in [0.25, 0.3) is 0 Å². The van der Waals surface area contributed by atoms with Crippen LogP contribution in [0.5, 0.6) is 0 Å². The van der Waals surface area contributed by atoms with E-state index in [2.05, 4.69) is 33.0 Å². The molecular weight excluding hydrogens is 178 g/mol. The Morgan fingerprint density at radius 2 is 1.93 bits per heavy atom. The number of methoxy groups -OCH3 is 1. The molecule has 3 nitrogen and oxygen atoms in total. The molecule has 86 valence electrons. The lowest BCUT2D eigenvalue weighted by atomic mass is 9.81. The molecule has 0 spiro atoms. The van der Waals surface area contributed by atoms with Gasteiger partial charge in [0.2, 0.25) is 0 Å². The van der Waals surface area contributed by atoms with Crippen LogP contribution in [0.2, 0.25) is 0 Å². The smallest absolute Gasteiger partial charge is 0.0897 e. The minimum atomic E-state index is -0.400. The molecule has 1 atom stereocenters. The molecule has 0 bridgehead atoms. The summed E-state index contributed by atoms with van der Waals surface area (Å²) in [6, 6.07) is 0. The molecule has 14 heavy (non-hydrogen) atoms. The number of hydrogen-bond acceptors (Lipinski definition) is 3. The molecule has 0 amide bonds. The predicted molar refractivity (Wildman–Crippen MR) is 59.4 cm³/mol. The number of rotatable bonds is 7. The van der Waals surface area contributed by atoms with E-state index in [9.17, 15) is 5.11 Å². The topological polar surface area (TPSA) is 41.5 Å². The lowest BCUT2D eigenvalue weighted by molar-refractivity contribution is 0.0619. The number of ether oxygens (including phenoxy) is 1. The van der Waals surface area contributed by atoms with Crippen molar-refractivity contribution in [2.24, 2.45) is 11.3 Å². The fraction of sp³-hybridized carbons (Fsp3) is 1.00. The summed E-state index contributed by atoms with van der Waals surface area (Å²) in [6.07, 6.45) is -0.400. The average molecular weight is 203 g/mol. The van der Waals surface area contributed by atoms with Crippen molar-refractivity contribution in [3.63, 3.8) is 0 Å². The minimum Gasteiger partial charge on any atom is -0.389 e. The molecule has 0 radical (unpaired) electrons. The van der Waals surface area contributed by atoms with E-state index >= 15 is 0 Å². The zero-order valence-electron chi connectivity index (χ0n) is 10.1. The maximum absolute atomic E-state index is 9.40. The first-order valence-electron chi connectivity index (χ1n) is 5.28. The second-order valence-corrected chi connectivity index (χ2v) is 4.88. The van der Waals surface area contributed by atoms with Crippen molar-refractivity contribution >= 4 is 0 Å². The predicted octanol–water partition coefficient (Wildman–Crippen LogP) is 1.27. The SMILES string of the molecule is COCC(O)CNCC(C)(C)C(C)C. The van der Waals surface area contributed by atoms with E-state index in [-0.39, 0.29) is 5.41 Å². The first-order valence-corrected chi connectivity index (χ1v) is 5.28. The molecule has 3 heteroatoms. The maximum atomic E-state index is 9.40. The largest absolute Gasteiger partial charge is 0.389 e. The lowest BCUT2D eigenvalue weighted by Crippen LogP contribution is -2.38. The molecule has 0 aromatic rings. The summed E-state index contributed by atoms with van der Waals surface area (Å²) < 4.78 is 4.84. The van der Waals surface area contributed by atoms with E-state index in [0.717, 1.165) is 6.54 Å². The lowest BCUT2D eigenvalue weighted by Gasteiger charge is -2.30. The summed E-state index contributed by atoms with van der Waals surface area (Å²) in [5, 5.41) is 12.7. The van der Waals surface area contributed by atoms with Crippen molar-refractivity contribution in [1.29, 1.82) is 0 Å². The fourth-order valence-corrected chi connectivity index (χ4v) is 1.02. The van der Waals surface area contributed by atoms with E-state index in [1.165, 1.54) is 0 Å². The van der Waals surface area contributed by atoms with Crippen molar-refractivity contribution in [3.8, 4) is 0 Å². The average Bonchev–Trinajstić information content (AvgIpc) is 2.04. The summed E-state index contributed by atoms with van der Waals surface area (Å²) >= 11 is 0. The Hall–Kier alpha value is -0.120. The van der Waals surface area contributed by atoms with Crippen LogP contribution in [0, 0.1) is 11.3 Å². The van der Waals surface area contributed by atoms with Gasteiger partial charge in [-0.05, 0) is 11.3 Å². The molecule has 0 aliphatic rings. The highest BCUT2D eigenvalue weighted by molar-refractivity contribution is 4.75. The van der Waals surface area contributed by atoms with Crippen molar-refractivity contribution in [1.82, 2.24) is 5.32 Å². The summed E-state index contributed by atoms with van der Waals surface area (Å²) in [5.41, 5.74) is 0.271. The maximum Gasteiger partial charge on any atom is 0.0897 e. The van der Waals surface area contributed by atoms with Crippen LogP contribution in [0.25, 0.3) is 0 Å². The van der Waals surface area contributed by atoms with Crippen molar-refractivity contribution in [2.75, 3.05) is 26.8 Å². The van der Waals surface area contributed by atoms with E-state index in [1.807, 2.05) is 0 Å². The molecule has 0 aliphatic carbocycles. The molecule has 0 aromatic carbocycles. The third kappa shape index (κ3) is 5.58. The van der Waals surface area contributed by atoms with Gasteiger partial charge in [0.05, 0.1) is 12.7 Å². The standard InChI is InChI=1S/C11H25NO2/c1-9(2)11(3,4)8-12-6-10(13)7-14-5/h9-10,12-13H,6-8H2,1-5H3. The molecule has 1 unspecified atom stereocenters. The van der Waals surface area contributed by atoms with Crippen LogP contribution in [0.1, 0.15) is 27.7 Å². The third-order valence-corrected chi connectivity index (χ3v) is 2.88. The molecule has 2 N–H and O–H groups in total. The van der Waals surface area contributed by atoms with Gasteiger partial charge in [-0.3, -0.25) is 0 Å². The van der Waals surface area contributed by atoms with Gasteiger partial charge in [0, 0.05) is 20.2 Å². The zero-order valence-corrected chi connectivity index (χ0v) is 10.1. The Balaban J connectivity index is 3.62. The Morgan fingerprint density at radius 3 is 2.36 bits per heavy atom. The van der Waals surface area contributed by atoms with Gasteiger partial charge in [-0.25, -0.2) is 0 Å². The highest BCUT2D eigenvalue weighted by Crippen LogP contribution is 2.24. The van der Waals surface area contributed by atoms with Crippen molar-refractivity contribution in [2.45, 2.75) is 33.8 Å². The highest BCUT2D eigenvalue weighted by Gasteiger charge is 2.21. The van der Waals surface area contributed by atoms with E-state index in [1.54, 1.807) is 7.11 Å². The fourth-order valence-electron chi connectivity index (χ4n) is 1.02. The van der Waals surface area contributed by atoms with Crippen LogP contribution in [0.15, 0.2) is 0 Å². The Bertz CT molecular complexity index is 146. The summed E-state index contributed by atoms with van der Waals surface area (Å²) in [7, 11) is 1.60. The first kappa shape index (κ1) is 13.9. The van der Waals surface area contributed by atoms with Gasteiger partial charge in [-0.2, -0.15) is 0 Å². The second kappa shape index (κ2) is 6.38. The van der Waals surface area contributed by atoms with Crippen LogP contribution in [-0.4, -0.2) is 38.0 Å². The molecule has 0 fully saturated rings. The second-order valence-electron chi connectivity index (χ2n) is 4.88. The molecule has 0 aliphatic heterocycles.